The lowest BCUT2D eigenvalue weighted by atomic mass is 10.2. The van der Waals surface area contributed by atoms with Crippen LogP contribution in [0.2, 0.25) is 0 Å². The summed E-state index contributed by atoms with van der Waals surface area (Å²) in [5.74, 6) is 0.623. The maximum atomic E-state index is 11.2. The van der Waals surface area contributed by atoms with Gasteiger partial charge >= 0.3 is 0 Å². The largest absolute Gasteiger partial charge is 0.434 e. The molecule has 4 aromatic rings. The summed E-state index contributed by atoms with van der Waals surface area (Å²) in [6, 6.07) is 17.0. The molecule has 7 heteroatoms. The first kappa shape index (κ1) is 19.0. The molecule has 29 heavy (non-hydrogen) atoms. The predicted octanol–water partition coefficient (Wildman–Crippen LogP) is 4.36. The number of carbonyl (C=O) groups is 1. The molecule has 0 aliphatic carbocycles. The Morgan fingerprint density at radius 2 is 2.00 bits per heavy atom. The van der Waals surface area contributed by atoms with Crippen molar-refractivity contribution in [3.05, 3.63) is 66.4 Å². The van der Waals surface area contributed by atoms with Crippen LogP contribution in [0.25, 0.3) is 22.7 Å². The van der Waals surface area contributed by atoms with E-state index in [1.165, 1.54) is 5.56 Å². The summed E-state index contributed by atoms with van der Waals surface area (Å²) in [7, 11) is 0. The Bertz CT molecular complexity index is 1160. The lowest BCUT2D eigenvalue weighted by Gasteiger charge is -2.14. The molecule has 0 spiro atoms. The number of benzene rings is 2. The predicted molar refractivity (Wildman–Crippen MR) is 117 cm³/mol. The number of nitrogens with two attached hydrogens (primary N) is 1. The normalized spacial score (nSPS) is 12.4. The number of rotatable bonds is 1. The van der Waals surface area contributed by atoms with E-state index in [1.54, 1.807) is 13.1 Å². The molecule has 0 saturated carbocycles. The number of carbonyl (C=O) groups excluding carboxylic acids is 1. The van der Waals surface area contributed by atoms with E-state index in [-0.39, 0.29) is 5.91 Å². The van der Waals surface area contributed by atoms with Gasteiger partial charge in [-0.25, -0.2) is 4.98 Å². The fourth-order valence-corrected chi connectivity index (χ4v) is 3.52. The second kappa shape index (κ2) is 7.97. The van der Waals surface area contributed by atoms with Crippen LogP contribution in [-0.4, -0.2) is 22.4 Å². The van der Waals surface area contributed by atoms with E-state index in [2.05, 4.69) is 22.6 Å². The first-order chi connectivity index (χ1) is 14.0. The number of nitrogen functional groups attached to an aromatic ring is 1. The lowest BCUT2D eigenvalue weighted by molar-refractivity contribution is -0.116. The van der Waals surface area contributed by atoms with Gasteiger partial charge in [-0.1, -0.05) is 12.1 Å². The SMILES string of the molecule is CC(=O)N1CCc2cc(S)ccc21.Nc1ccccc1-c1nc2ncccc2o1. The smallest absolute Gasteiger partial charge is 0.230 e. The second-order valence-corrected chi connectivity index (χ2v) is 7.18. The van der Waals surface area contributed by atoms with Crippen molar-refractivity contribution >= 4 is 41.1 Å². The minimum absolute atomic E-state index is 0.116. The molecule has 0 saturated heterocycles. The number of thiol groups is 1. The molecule has 146 valence electrons. The zero-order chi connectivity index (χ0) is 20.4. The maximum Gasteiger partial charge on any atom is 0.230 e. The van der Waals surface area contributed by atoms with Crippen LogP contribution < -0.4 is 10.6 Å². The Kier molecular flexibility index (Phi) is 5.22. The Labute approximate surface area is 173 Å². The molecule has 2 aromatic carbocycles. The Morgan fingerprint density at radius 3 is 2.76 bits per heavy atom. The van der Waals surface area contributed by atoms with Gasteiger partial charge in [-0.05, 0) is 54.4 Å². The first-order valence-electron chi connectivity index (χ1n) is 9.19. The van der Waals surface area contributed by atoms with Gasteiger partial charge < -0.3 is 15.1 Å². The van der Waals surface area contributed by atoms with Crippen molar-refractivity contribution in [3.63, 3.8) is 0 Å². The summed E-state index contributed by atoms with van der Waals surface area (Å²) in [6.07, 6.45) is 2.63. The molecule has 0 fully saturated rings. The fraction of sp³-hybridized carbons (Fsp3) is 0.136. The van der Waals surface area contributed by atoms with E-state index in [0.717, 1.165) is 29.1 Å². The number of fused-ring (bicyclic) bond motifs is 2. The van der Waals surface area contributed by atoms with Crippen LogP contribution in [0.15, 0.2) is 70.1 Å². The van der Waals surface area contributed by atoms with Gasteiger partial charge in [0.25, 0.3) is 0 Å². The van der Waals surface area contributed by atoms with E-state index in [0.29, 0.717) is 22.8 Å². The van der Waals surface area contributed by atoms with E-state index in [9.17, 15) is 4.79 Å². The maximum absolute atomic E-state index is 11.2. The molecule has 1 aliphatic rings. The van der Waals surface area contributed by atoms with Gasteiger partial charge in [-0.2, -0.15) is 4.98 Å². The van der Waals surface area contributed by atoms with E-state index in [4.69, 9.17) is 10.2 Å². The molecular weight excluding hydrogens is 384 g/mol. The monoisotopic (exact) mass is 404 g/mol. The second-order valence-electron chi connectivity index (χ2n) is 6.67. The number of aromatic nitrogens is 2. The van der Waals surface area contributed by atoms with E-state index < -0.39 is 0 Å². The van der Waals surface area contributed by atoms with Crippen molar-refractivity contribution in [1.29, 1.82) is 0 Å². The minimum Gasteiger partial charge on any atom is -0.434 e. The molecule has 0 bridgehead atoms. The zero-order valence-electron chi connectivity index (χ0n) is 15.9. The van der Waals surface area contributed by atoms with Gasteiger partial charge in [-0.3, -0.25) is 4.79 Å². The van der Waals surface area contributed by atoms with Gasteiger partial charge in [0.15, 0.2) is 11.2 Å². The third-order valence-electron chi connectivity index (χ3n) is 4.69. The molecule has 5 rings (SSSR count). The van der Waals surface area contributed by atoms with Crippen LogP contribution in [0, 0.1) is 0 Å². The first-order valence-corrected chi connectivity index (χ1v) is 9.64. The van der Waals surface area contributed by atoms with Crippen LogP contribution in [0.5, 0.6) is 0 Å². The average molecular weight is 404 g/mol. The number of pyridine rings is 1. The van der Waals surface area contributed by atoms with Crippen LogP contribution in [0.3, 0.4) is 0 Å². The summed E-state index contributed by atoms with van der Waals surface area (Å²) in [4.78, 5) is 22.4. The zero-order valence-corrected chi connectivity index (χ0v) is 16.8. The highest BCUT2D eigenvalue weighted by Gasteiger charge is 2.21. The van der Waals surface area contributed by atoms with Crippen molar-refractivity contribution in [2.45, 2.75) is 18.2 Å². The highest BCUT2D eigenvalue weighted by Crippen LogP contribution is 2.30. The fourth-order valence-electron chi connectivity index (χ4n) is 3.29. The Balaban J connectivity index is 0.000000145. The van der Waals surface area contributed by atoms with E-state index >= 15 is 0 Å². The number of hydrogen-bond acceptors (Lipinski definition) is 6. The van der Waals surface area contributed by atoms with Gasteiger partial charge in [0, 0.05) is 35.9 Å². The Hall–Kier alpha value is -3.32. The number of para-hydroxylation sites is 1. The van der Waals surface area contributed by atoms with Gasteiger partial charge in [-0.15, -0.1) is 12.6 Å². The standard InChI is InChI=1S/C12H9N3O.C10H11NOS/c13-9-5-2-1-4-8(9)12-15-11-10(16-12)6-3-7-14-11;1-7(12)11-5-4-8-6-9(13)2-3-10(8)11/h1-7H,13H2;2-3,6,13H,4-5H2,1H3. The van der Waals surface area contributed by atoms with Crippen LogP contribution >= 0.6 is 12.6 Å². The van der Waals surface area contributed by atoms with Crippen molar-refractivity contribution < 1.29 is 9.21 Å². The van der Waals surface area contributed by atoms with Crippen molar-refractivity contribution in [2.75, 3.05) is 17.2 Å². The summed E-state index contributed by atoms with van der Waals surface area (Å²) in [5, 5.41) is 0. The highest BCUT2D eigenvalue weighted by molar-refractivity contribution is 7.80. The molecule has 3 heterocycles. The third kappa shape index (κ3) is 3.95. The number of amides is 1. The highest BCUT2D eigenvalue weighted by atomic mass is 32.1. The number of nitrogens with zero attached hydrogens (tertiary/aromatic N) is 3. The van der Waals surface area contributed by atoms with Crippen LogP contribution in [0.4, 0.5) is 11.4 Å². The van der Waals surface area contributed by atoms with Crippen LogP contribution in [0.1, 0.15) is 12.5 Å². The molecule has 0 atom stereocenters. The molecule has 6 nitrogen and oxygen atoms in total. The summed E-state index contributed by atoms with van der Waals surface area (Å²) in [5.41, 5.74) is 10.8. The van der Waals surface area contributed by atoms with Gasteiger partial charge in [0.2, 0.25) is 11.8 Å². The minimum atomic E-state index is 0.116. The summed E-state index contributed by atoms with van der Waals surface area (Å²) < 4.78 is 5.58. The molecule has 0 radical (unpaired) electrons. The molecule has 1 amide bonds. The number of anilines is 2. The molecule has 2 N–H and O–H groups in total. The van der Waals surface area contributed by atoms with Crippen molar-refractivity contribution in [3.8, 4) is 11.5 Å². The molecular formula is C22H20N4O2S. The van der Waals surface area contributed by atoms with E-state index in [1.807, 2.05) is 59.5 Å². The quantitative estimate of drug-likeness (QED) is 0.364. The average Bonchev–Trinajstić information content (AvgIpc) is 3.32. The lowest BCUT2D eigenvalue weighted by Crippen LogP contribution is -2.25. The van der Waals surface area contributed by atoms with Crippen molar-refractivity contribution in [1.82, 2.24) is 9.97 Å². The van der Waals surface area contributed by atoms with Crippen molar-refractivity contribution in [2.24, 2.45) is 0 Å². The topological polar surface area (TPSA) is 85.2 Å². The van der Waals surface area contributed by atoms with Crippen LogP contribution in [-0.2, 0) is 11.2 Å². The third-order valence-corrected chi connectivity index (χ3v) is 4.97. The summed E-state index contributed by atoms with van der Waals surface area (Å²) >= 11 is 4.26. The van der Waals surface area contributed by atoms with Gasteiger partial charge in [0.1, 0.15) is 0 Å². The number of hydrogen-bond donors (Lipinski definition) is 2. The summed E-state index contributed by atoms with van der Waals surface area (Å²) in [6.45, 7) is 2.41. The Morgan fingerprint density at radius 1 is 1.17 bits per heavy atom. The van der Waals surface area contributed by atoms with Gasteiger partial charge in [0.05, 0.1) is 5.56 Å². The molecule has 1 aliphatic heterocycles. The molecule has 2 aromatic heterocycles. The molecule has 0 unspecified atom stereocenters. The number of oxazole rings is 1.